The molecule has 1 saturated carbocycles. The second-order valence-electron chi connectivity index (χ2n) is 4.85. The predicted molar refractivity (Wildman–Crippen MR) is 72.9 cm³/mol. The van der Waals surface area contributed by atoms with E-state index >= 15 is 0 Å². The minimum atomic E-state index is -0.756. The molecule has 0 bridgehead atoms. The Morgan fingerprint density at radius 2 is 2.17 bits per heavy atom. The van der Waals surface area contributed by atoms with Crippen LogP contribution in [0.1, 0.15) is 32.6 Å². The van der Waals surface area contributed by atoms with Crippen LogP contribution < -0.4 is 10.6 Å². The lowest BCUT2D eigenvalue weighted by Crippen LogP contribution is -2.44. The van der Waals surface area contributed by atoms with Gasteiger partial charge in [0.2, 0.25) is 0 Å². The SMILES string of the molecule is CSCCC(C)NC(=O)N[C@H]1CC[C@@H](C(=O)O)C1. The molecule has 0 saturated heterocycles. The van der Waals surface area contributed by atoms with E-state index in [9.17, 15) is 9.59 Å². The first-order chi connectivity index (χ1) is 8.52. The standard InChI is InChI=1S/C12H22N2O3S/c1-8(5-6-18-2)13-12(17)14-10-4-3-9(7-10)11(15)16/h8-10H,3-7H2,1-2H3,(H,15,16)(H2,13,14,17)/t8?,9-,10+/m1/s1. The van der Waals surface area contributed by atoms with Crippen molar-refractivity contribution in [3.8, 4) is 0 Å². The van der Waals surface area contributed by atoms with E-state index in [1.54, 1.807) is 11.8 Å². The zero-order chi connectivity index (χ0) is 13.5. The molecule has 0 spiro atoms. The molecule has 3 N–H and O–H groups in total. The molecule has 0 aromatic heterocycles. The molecule has 2 amide bonds. The minimum Gasteiger partial charge on any atom is -0.481 e. The number of amides is 2. The Bertz CT molecular complexity index is 299. The van der Waals surface area contributed by atoms with Crippen LogP contribution in [0, 0.1) is 5.92 Å². The highest BCUT2D eigenvalue weighted by molar-refractivity contribution is 7.98. The lowest BCUT2D eigenvalue weighted by molar-refractivity contribution is -0.141. The quantitative estimate of drug-likeness (QED) is 0.688. The highest BCUT2D eigenvalue weighted by Crippen LogP contribution is 2.25. The van der Waals surface area contributed by atoms with E-state index in [1.807, 2.05) is 13.2 Å². The number of hydrogen-bond acceptors (Lipinski definition) is 3. The first-order valence-electron chi connectivity index (χ1n) is 6.31. The van der Waals surface area contributed by atoms with Gasteiger partial charge in [0.1, 0.15) is 0 Å². The van der Waals surface area contributed by atoms with Crippen molar-refractivity contribution >= 4 is 23.8 Å². The molecular weight excluding hydrogens is 252 g/mol. The third kappa shape index (κ3) is 5.16. The first kappa shape index (κ1) is 15.1. The summed E-state index contributed by atoms with van der Waals surface area (Å²) in [6, 6.07) is -0.0346. The molecule has 1 aliphatic carbocycles. The van der Waals surface area contributed by atoms with Crippen molar-refractivity contribution in [2.75, 3.05) is 12.0 Å². The van der Waals surface area contributed by atoms with Gasteiger partial charge in [0.05, 0.1) is 5.92 Å². The smallest absolute Gasteiger partial charge is 0.315 e. The number of nitrogens with one attached hydrogen (secondary N) is 2. The third-order valence-electron chi connectivity index (χ3n) is 3.25. The van der Waals surface area contributed by atoms with Crippen molar-refractivity contribution in [3.05, 3.63) is 0 Å². The third-order valence-corrected chi connectivity index (χ3v) is 3.89. The van der Waals surface area contributed by atoms with Crippen molar-refractivity contribution in [1.29, 1.82) is 0 Å². The van der Waals surface area contributed by atoms with E-state index < -0.39 is 5.97 Å². The lowest BCUT2D eigenvalue weighted by Gasteiger charge is -2.17. The Hall–Kier alpha value is -0.910. The van der Waals surface area contributed by atoms with Gasteiger partial charge in [-0.3, -0.25) is 4.79 Å². The summed E-state index contributed by atoms with van der Waals surface area (Å²) in [6.45, 7) is 1.98. The van der Waals surface area contributed by atoms with Gasteiger partial charge in [-0.2, -0.15) is 11.8 Å². The van der Waals surface area contributed by atoms with E-state index in [4.69, 9.17) is 5.11 Å². The Balaban J connectivity index is 2.23. The summed E-state index contributed by atoms with van der Waals surface area (Å²) in [7, 11) is 0. The zero-order valence-corrected chi connectivity index (χ0v) is 11.8. The number of carbonyl (C=O) groups is 2. The minimum absolute atomic E-state index is 0.00106. The summed E-state index contributed by atoms with van der Waals surface area (Å²) in [5.41, 5.74) is 0. The van der Waals surface area contributed by atoms with Gasteiger partial charge in [-0.15, -0.1) is 0 Å². The number of rotatable bonds is 6. The largest absolute Gasteiger partial charge is 0.481 e. The van der Waals surface area contributed by atoms with Gasteiger partial charge in [-0.25, -0.2) is 4.79 Å². The van der Waals surface area contributed by atoms with E-state index in [-0.39, 0.29) is 24.0 Å². The number of aliphatic carboxylic acids is 1. The van der Waals surface area contributed by atoms with Crippen LogP contribution in [0.15, 0.2) is 0 Å². The summed E-state index contributed by atoms with van der Waals surface area (Å²) >= 11 is 1.76. The number of urea groups is 1. The van der Waals surface area contributed by atoms with Crippen molar-refractivity contribution in [1.82, 2.24) is 10.6 Å². The maximum atomic E-state index is 11.7. The van der Waals surface area contributed by atoms with Crippen molar-refractivity contribution in [2.24, 2.45) is 5.92 Å². The first-order valence-corrected chi connectivity index (χ1v) is 7.71. The van der Waals surface area contributed by atoms with E-state index in [2.05, 4.69) is 10.6 Å². The molecule has 104 valence electrons. The highest BCUT2D eigenvalue weighted by atomic mass is 32.2. The molecule has 5 nitrogen and oxygen atoms in total. The van der Waals surface area contributed by atoms with Crippen molar-refractivity contribution in [2.45, 2.75) is 44.7 Å². The van der Waals surface area contributed by atoms with Crippen LogP contribution in [-0.2, 0) is 4.79 Å². The van der Waals surface area contributed by atoms with Gasteiger partial charge in [0, 0.05) is 12.1 Å². The predicted octanol–water partition coefficient (Wildman–Crippen LogP) is 1.68. The molecule has 0 aromatic rings. The molecule has 1 fully saturated rings. The Kier molecular flexibility index (Phi) is 6.32. The van der Waals surface area contributed by atoms with Crippen molar-refractivity contribution in [3.63, 3.8) is 0 Å². The van der Waals surface area contributed by atoms with Gasteiger partial charge >= 0.3 is 12.0 Å². The molecule has 0 heterocycles. The average molecular weight is 274 g/mol. The number of carboxylic acid groups (broad SMARTS) is 1. The van der Waals surface area contributed by atoms with E-state index in [0.717, 1.165) is 18.6 Å². The van der Waals surface area contributed by atoms with Gasteiger partial charge in [0.25, 0.3) is 0 Å². The van der Waals surface area contributed by atoms with E-state index in [0.29, 0.717) is 12.8 Å². The molecular formula is C12H22N2O3S. The molecule has 1 aliphatic rings. The fourth-order valence-electron chi connectivity index (χ4n) is 2.15. The van der Waals surface area contributed by atoms with Gasteiger partial charge in [-0.05, 0) is 44.6 Å². The fraction of sp³-hybridized carbons (Fsp3) is 0.833. The molecule has 0 aromatic carbocycles. The fourth-order valence-corrected chi connectivity index (χ4v) is 2.74. The number of thioether (sulfide) groups is 1. The second kappa shape index (κ2) is 7.51. The summed E-state index contributed by atoms with van der Waals surface area (Å²) in [5.74, 6) is -0.0383. The summed E-state index contributed by atoms with van der Waals surface area (Å²) in [4.78, 5) is 22.5. The highest BCUT2D eigenvalue weighted by Gasteiger charge is 2.30. The monoisotopic (exact) mass is 274 g/mol. The van der Waals surface area contributed by atoms with Crippen LogP contribution in [-0.4, -0.2) is 41.2 Å². The molecule has 1 unspecified atom stereocenters. The summed E-state index contributed by atoms with van der Waals surface area (Å²) in [5, 5.41) is 14.6. The normalized spacial score (nSPS) is 24.6. The van der Waals surface area contributed by atoms with Gasteiger partial charge < -0.3 is 15.7 Å². The van der Waals surface area contributed by atoms with Crippen LogP contribution >= 0.6 is 11.8 Å². The molecule has 0 radical (unpaired) electrons. The second-order valence-corrected chi connectivity index (χ2v) is 5.83. The van der Waals surface area contributed by atoms with Crippen LogP contribution in [0.2, 0.25) is 0 Å². The van der Waals surface area contributed by atoms with E-state index in [1.165, 1.54) is 0 Å². The maximum Gasteiger partial charge on any atom is 0.315 e. The molecule has 0 aliphatic heterocycles. The van der Waals surface area contributed by atoms with Crippen LogP contribution in [0.4, 0.5) is 4.79 Å². The van der Waals surface area contributed by atoms with Crippen LogP contribution in [0.5, 0.6) is 0 Å². The summed E-state index contributed by atoms with van der Waals surface area (Å²) in [6.07, 6.45) is 4.93. The molecule has 1 rings (SSSR count). The van der Waals surface area contributed by atoms with Gasteiger partial charge in [0.15, 0.2) is 0 Å². The number of carbonyl (C=O) groups excluding carboxylic acids is 1. The van der Waals surface area contributed by atoms with Crippen LogP contribution in [0.3, 0.4) is 0 Å². The lowest BCUT2D eigenvalue weighted by atomic mass is 10.1. The van der Waals surface area contributed by atoms with Gasteiger partial charge in [-0.1, -0.05) is 0 Å². The number of hydrogen-bond donors (Lipinski definition) is 3. The average Bonchev–Trinajstić information content (AvgIpc) is 2.74. The van der Waals surface area contributed by atoms with Crippen LogP contribution in [0.25, 0.3) is 0 Å². The Morgan fingerprint density at radius 1 is 1.44 bits per heavy atom. The molecule has 18 heavy (non-hydrogen) atoms. The topological polar surface area (TPSA) is 78.4 Å². The Morgan fingerprint density at radius 3 is 2.72 bits per heavy atom. The zero-order valence-electron chi connectivity index (χ0n) is 10.9. The molecule has 3 atom stereocenters. The van der Waals surface area contributed by atoms with Crippen molar-refractivity contribution < 1.29 is 14.7 Å². The summed E-state index contributed by atoms with van der Waals surface area (Å²) < 4.78 is 0. The maximum absolute atomic E-state index is 11.7. The number of carboxylic acids is 1. The Labute approximate surface area is 112 Å². The molecule has 6 heteroatoms.